The smallest absolute Gasteiger partial charge is 0.319 e. The fourth-order valence-electron chi connectivity index (χ4n) is 8.07. The Labute approximate surface area is 242 Å². The van der Waals surface area contributed by atoms with E-state index >= 15 is 4.39 Å². The number of aromatic hydroxyl groups is 1. The first kappa shape index (κ1) is 26.1. The van der Waals surface area contributed by atoms with E-state index in [-0.39, 0.29) is 40.6 Å². The predicted molar refractivity (Wildman–Crippen MR) is 153 cm³/mol. The number of nitrogens with one attached hydrogen (secondary N) is 1. The van der Waals surface area contributed by atoms with Crippen LogP contribution in [0.1, 0.15) is 54.6 Å². The van der Waals surface area contributed by atoms with E-state index < -0.39 is 17.5 Å². The van der Waals surface area contributed by atoms with E-state index in [1.54, 1.807) is 0 Å². The summed E-state index contributed by atoms with van der Waals surface area (Å²) in [4.78, 5) is 29.9. The number of benzene rings is 2. The number of anilines is 2. The van der Waals surface area contributed by atoms with Crippen LogP contribution in [0.3, 0.4) is 0 Å². The molecule has 1 aromatic heterocycles. The van der Waals surface area contributed by atoms with Gasteiger partial charge < -0.3 is 25.0 Å². The number of aromatic nitrogens is 2. The highest BCUT2D eigenvalue weighted by Crippen LogP contribution is 2.41. The fraction of sp³-hybridized carbons (Fsp3) is 0.516. The predicted octanol–water partition coefficient (Wildman–Crippen LogP) is 3.76. The number of halogens is 2. The average Bonchev–Trinajstić information content (AvgIpc) is 3.67. The molecular weight excluding hydrogens is 542 g/mol. The molecular formula is C31H34F2N6O3. The molecule has 5 aliphatic heterocycles. The summed E-state index contributed by atoms with van der Waals surface area (Å²) in [5.74, 6) is -1.92. The third kappa shape index (κ3) is 4.11. The first-order chi connectivity index (χ1) is 20.4. The maximum atomic E-state index is 15.1. The number of hydrogen-bond acceptors (Lipinski definition) is 8. The van der Waals surface area contributed by atoms with Crippen LogP contribution in [-0.2, 0) is 6.42 Å². The summed E-state index contributed by atoms with van der Waals surface area (Å²) in [7, 11) is 0. The largest absolute Gasteiger partial charge is 0.508 e. The zero-order valence-corrected chi connectivity index (χ0v) is 23.4. The molecule has 2 aromatic carbocycles. The van der Waals surface area contributed by atoms with Crippen LogP contribution < -0.4 is 19.9 Å². The Kier molecular flexibility index (Phi) is 6.05. The number of carbonyl (C=O) groups is 1. The Hall–Kier alpha value is -3.57. The van der Waals surface area contributed by atoms with Gasteiger partial charge in [-0.3, -0.25) is 9.69 Å². The van der Waals surface area contributed by atoms with Gasteiger partial charge in [-0.15, -0.1) is 0 Å². The summed E-state index contributed by atoms with van der Waals surface area (Å²) >= 11 is 0. The summed E-state index contributed by atoms with van der Waals surface area (Å²) in [6.45, 7) is 4.41. The summed E-state index contributed by atoms with van der Waals surface area (Å²) in [5.41, 5.74) is 1.08. The van der Waals surface area contributed by atoms with Crippen molar-refractivity contribution in [2.45, 2.75) is 62.6 Å². The maximum Gasteiger partial charge on any atom is 0.319 e. The number of piperazine rings is 1. The first-order valence-electron chi connectivity index (χ1n) is 15.1. The van der Waals surface area contributed by atoms with E-state index in [0.717, 1.165) is 82.2 Å². The van der Waals surface area contributed by atoms with Crippen LogP contribution in [0.15, 0.2) is 24.3 Å². The molecule has 1 amide bonds. The van der Waals surface area contributed by atoms with Crippen LogP contribution in [0.2, 0.25) is 0 Å². The summed E-state index contributed by atoms with van der Waals surface area (Å²) in [5, 5.41) is 14.3. The Morgan fingerprint density at radius 1 is 1.05 bits per heavy atom. The molecule has 9 nitrogen and oxygen atoms in total. The van der Waals surface area contributed by atoms with Gasteiger partial charge in [0.15, 0.2) is 11.6 Å². The van der Waals surface area contributed by atoms with Crippen molar-refractivity contribution in [1.29, 1.82) is 0 Å². The van der Waals surface area contributed by atoms with E-state index in [1.807, 2.05) is 0 Å². The van der Waals surface area contributed by atoms with Gasteiger partial charge in [0.25, 0.3) is 5.91 Å². The van der Waals surface area contributed by atoms with E-state index in [2.05, 4.69) is 20.1 Å². The minimum absolute atomic E-state index is 0.00823. The van der Waals surface area contributed by atoms with Gasteiger partial charge in [0.2, 0.25) is 0 Å². The number of ether oxygens (including phenoxy) is 1. The third-order valence-electron chi connectivity index (χ3n) is 10.1. The SMILES string of the molecule is O=C1c2nc(OCC34CCCN3CCC4)nc(N3C[C@H]4CC[C@@H](C3)N4)c2CCN1c1cc(O)cc2ccc(F)c(F)c12. The lowest BCUT2D eigenvalue weighted by molar-refractivity contribution is 0.0964. The molecule has 4 saturated heterocycles. The zero-order valence-electron chi connectivity index (χ0n) is 23.4. The standard InChI is InChI=1S/C31H34F2N6O3/c32-23-6-3-18-13-21(40)14-24(25(18)26(23)33)39-12-7-22-27(29(39)41)35-30(42-17-31-8-1-10-38(31)11-2-9-31)36-28(22)37-15-19-4-5-20(16-37)34-19/h3,6,13-14,19-20,34,40H,1-2,4-5,7-12,15-17H2/t19-,20+. The molecule has 3 aromatic rings. The molecule has 0 saturated carbocycles. The van der Waals surface area contributed by atoms with Crippen molar-refractivity contribution in [2.75, 3.05) is 49.1 Å². The van der Waals surface area contributed by atoms with Gasteiger partial charge in [0.1, 0.15) is 23.9 Å². The van der Waals surface area contributed by atoms with Gasteiger partial charge in [-0.2, -0.15) is 9.97 Å². The molecule has 2 atom stereocenters. The fourth-order valence-corrected chi connectivity index (χ4v) is 8.07. The third-order valence-corrected chi connectivity index (χ3v) is 10.1. The Balaban J connectivity index is 1.20. The van der Waals surface area contributed by atoms with Crippen molar-refractivity contribution in [2.24, 2.45) is 0 Å². The number of hydrogen-bond donors (Lipinski definition) is 2. The van der Waals surface area contributed by atoms with Crippen molar-refractivity contribution >= 4 is 28.2 Å². The zero-order chi connectivity index (χ0) is 28.6. The van der Waals surface area contributed by atoms with Crippen molar-refractivity contribution in [3.63, 3.8) is 0 Å². The highest BCUT2D eigenvalue weighted by molar-refractivity contribution is 6.12. The van der Waals surface area contributed by atoms with Crippen LogP contribution in [0, 0.1) is 11.6 Å². The lowest BCUT2D eigenvalue weighted by Crippen LogP contribution is -2.52. The van der Waals surface area contributed by atoms with Gasteiger partial charge in [-0.25, -0.2) is 8.78 Å². The minimum Gasteiger partial charge on any atom is -0.508 e. The molecule has 2 N–H and O–H groups in total. The topological polar surface area (TPSA) is 94.1 Å². The van der Waals surface area contributed by atoms with Gasteiger partial charge in [-0.05, 0) is 75.6 Å². The number of carbonyl (C=O) groups excluding carboxylic acids is 1. The van der Waals surface area contributed by atoms with Gasteiger partial charge in [0, 0.05) is 48.7 Å². The van der Waals surface area contributed by atoms with Crippen molar-refractivity contribution in [1.82, 2.24) is 20.2 Å². The second-order valence-electron chi connectivity index (χ2n) is 12.5. The molecule has 0 spiro atoms. The number of amides is 1. The van der Waals surface area contributed by atoms with Crippen LogP contribution in [0.5, 0.6) is 11.8 Å². The lowest BCUT2D eigenvalue weighted by Gasteiger charge is -2.37. The van der Waals surface area contributed by atoms with Gasteiger partial charge >= 0.3 is 6.01 Å². The highest BCUT2D eigenvalue weighted by atomic mass is 19.2. The van der Waals surface area contributed by atoms with E-state index in [0.29, 0.717) is 30.5 Å². The van der Waals surface area contributed by atoms with Crippen LogP contribution in [0.4, 0.5) is 20.3 Å². The molecule has 0 aliphatic carbocycles. The monoisotopic (exact) mass is 576 g/mol. The molecule has 0 radical (unpaired) electrons. The van der Waals surface area contributed by atoms with E-state index in [4.69, 9.17) is 9.72 Å². The summed E-state index contributed by atoms with van der Waals surface area (Å²) in [6.07, 6.45) is 7.08. The number of nitrogens with zero attached hydrogens (tertiary/aromatic N) is 5. The summed E-state index contributed by atoms with van der Waals surface area (Å²) < 4.78 is 35.8. The van der Waals surface area contributed by atoms with Crippen LogP contribution in [0.25, 0.3) is 10.8 Å². The van der Waals surface area contributed by atoms with Crippen molar-refractivity contribution in [3.05, 3.63) is 47.2 Å². The molecule has 11 heteroatoms. The summed E-state index contributed by atoms with van der Waals surface area (Å²) in [6, 6.07) is 6.02. The quantitative estimate of drug-likeness (QED) is 0.475. The van der Waals surface area contributed by atoms with Crippen LogP contribution >= 0.6 is 0 Å². The number of fused-ring (bicyclic) bond motifs is 5. The first-order valence-corrected chi connectivity index (χ1v) is 15.1. The highest BCUT2D eigenvalue weighted by Gasteiger charge is 2.45. The molecule has 42 heavy (non-hydrogen) atoms. The van der Waals surface area contributed by atoms with E-state index in [1.165, 1.54) is 23.1 Å². The number of rotatable bonds is 5. The maximum absolute atomic E-state index is 15.1. The molecule has 220 valence electrons. The molecule has 4 fully saturated rings. The Morgan fingerprint density at radius 3 is 2.57 bits per heavy atom. The number of phenols is 1. The lowest BCUT2D eigenvalue weighted by atomic mass is 9.95. The Morgan fingerprint density at radius 2 is 1.81 bits per heavy atom. The van der Waals surface area contributed by atoms with Crippen molar-refractivity contribution in [3.8, 4) is 11.8 Å². The molecule has 5 aliphatic rings. The number of phenolic OH excluding ortho intramolecular Hbond substituents is 1. The molecule has 6 heterocycles. The van der Waals surface area contributed by atoms with Gasteiger partial charge in [-0.1, -0.05) is 6.07 Å². The normalized spacial score (nSPS) is 24.9. The molecule has 0 unspecified atom stereocenters. The Bertz CT molecular complexity index is 1580. The van der Waals surface area contributed by atoms with E-state index in [9.17, 15) is 14.3 Å². The molecule has 2 bridgehead atoms. The van der Waals surface area contributed by atoms with Crippen molar-refractivity contribution < 1.29 is 23.4 Å². The second kappa shape index (κ2) is 9.74. The van der Waals surface area contributed by atoms with Gasteiger partial charge in [0.05, 0.1) is 11.2 Å². The average molecular weight is 577 g/mol. The van der Waals surface area contributed by atoms with Crippen LogP contribution in [-0.4, -0.2) is 82.8 Å². The minimum atomic E-state index is -1.05. The second-order valence-corrected chi connectivity index (χ2v) is 12.5. The molecule has 8 rings (SSSR count).